The van der Waals surface area contributed by atoms with Crippen LogP contribution in [0.5, 0.6) is 0 Å². The Morgan fingerprint density at radius 2 is 0.771 bits per heavy atom. The molecule has 0 radical (unpaired) electrons. The van der Waals surface area contributed by atoms with Crippen LogP contribution in [0.4, 0.5) is 0 Å². The van der Waals surface area contributed by atoms with Crippen LogP contribution in [0.15, 0.2) is 0 Å². The van der Waals surface area contributed by atoms with E-state index in [2.05, 4.69) is 0 Å². The van der Waals surface area contributed by atoms with E-state index in [0.29, 0.717) is 125 Å². The van der Waals surface area contributed by atoms with Crippen LogP contribution in [0, 0.1) is 5.41 Å². The lowest BCUT2D eigenvalue weighted by atomic mass is 9.94. The van der Waals surface area contributed by atoms with Crippen LogP contribution in [-0.4, -0.2) is 138 Å². The summed E-state index contributed by atoms with van der Waals surface area (Å²) in [6, 6.07) is 0. The first kappa shape index (κ1) is 34.2. The van der Waals surface area contributed by atoms with Gasteiger partial charge in [0, 0.05) is 18.5 Å². The Balaban J connectivity index is 3.76. The molecule has 0 aromatic carbocycles. The van der Waals surface area contributed by atoms with Crippen LogP contribution in [0.1, 0.15) is 6.92 Å². The number of aldehydes is 1. The number of hydrogen-bond acceptors (Lipinski definition) is 12. The molecule has 0 aromatic rings. The fraction of sp³-hybridized carbons (Fsp3) is 0.957. The van der Waals surface area contributed by atoms with Gasteiger partial charge >= 0.3 is 0 Å². The Morgan fingerprint density at radius 3 is 1.09 bits per heavy atom. The third-order valence-electron chi connectivity index (χ3n) is 4.29. The Labute approximate surface area is 210 Å². The van der Waals surface area contributed by atoms with Gasteiger partial charge in [0.15, 0.2) is 0 Å². The van der Waals surface area contributed by atoms with E-state index in [1.807, 2.05) is 6.92 Å². The van der Waals surface area contributed by atoms with Gasteiger partial charge in [0.25, 0.3) is 0 Å². The Hall–Kier alpha value is -0.770. The summed E-state index contributed by atoms with van der Waals surface area (Å²) in [5, 5.41) is 0. The number of hydrogen-bond donors (Lipinski definition) is 2. The van der Waals surface area contributed by atoms with E-state index in [4.69, 9.17) is 54.1 Å². The van der Waals surface area contributed by atoms with Gasteiger partial charge in [-0.25, -0.2) is 0 Å². The minimum absolute atomic E-state index is 0.0380. The van der Waals surface area contributed by atoms with Crippen molar-refractivity contribution in [3.63, 3.8) is 0 Å². The zero-order valence-corrected chi connectivity index (χ0v) is 21.5. The highest BCUT2D eigenvalue weighted by atomic mass is 16.6. The molecule has 0 aliphatic rings. The van der Waals surface area contributed by atoms with E-state index in [1.54, 1.807) is 0 Å². The summed E-state index contributed by atoms with van der Waals surface area (Å²) in [6.45, 7) is 11.1. The summed E-state index contributed by atoms with van der Waals surface area (Å²) in [7, 11) is 0. The lowest BCUT2D eigenvalue weighted by Gasteiger charge is -2.28. The van der Waals surface area contributed by atoms with Crippen LogP contribution in [0.2, 0.25) is 0 Å². The van der Waals surface area contributed by atoms with Crippen LogP contribution in [0.25, 0.3) is 0 Å². The molecular formula is C23H48N2O10. The second-order valence-electron chi connectivity index (χ2n) is 7.85. The lowest BCUT2D eigenvalue weighted by Crippen LogP contribution is -2.35. The number of carbonyl (C=O) groups excluding carboxylic acids is 1. The van der Waals surface area contributed by atoms with E-state index < -0.39 is 5.41 Å². The molecule has 0 rings (SSSR count). The zero-order chi connectivity index (χ0) is 25.7. The van der Waals surface area contributed by atoms with Crippen molar-refractivity contribution in [1.29, 1.82) is 0 Å². The van der Waals surface area contributed by atoms with Crippen molar-refractivity contribution in [1.82, 2.24) is 0 Å². The first-order valence-corrected chi connectivity index (χ1v) is 12.2. The number of nitrogens with two attached hydrogens (primary N) is 2. The summed E-state index contributed by atoms with van der Waals surface area (Å²) in [6.07, 6.45) is 0.725. The van der Waals surface area contributed by atoms with E-state index in [0.717, 1.165) is 6.29 Å². The van der Waals surface area contributed by atoms with Gasteiger partial charge in [-0.1, -0.05) is 6.92 Å². The van der Waals surface area contributed by atoms with Gasteiger partial charge in [-0.05, 0) is 0 Å². The van der Waals surface area contributed by atoms with Crippen LogP contribution >= 0.6 is 0 Å². The van der Waals surface area contributed by atoms with E-state index in [-0.39, 0.29) is 6.61 Å². The first-order chi connectivity index (χ1) is 17.2. The van der Waals surface area contributed by atoms with Gasteiger partial charge in [0.2, 0.25) is 0 Å². The zero-order valence-electron chi connectivity index (χ0n) is 21.5. The lowest BCUT2D eigenvalue weighted by molar-refractivity contribution is -0.116. The van der Waals surface area contributed by atoms with Crippen molar-refractivity contribution in [3.05, 3.63) is 0 Å². The summed E-state index contributed by atoms with van der Waals surface area (Å²) in [5.74, 6) is 0. The minimum Gasteiger partial charge on any atom is -0.378 e. The Morgan fingerprint density at radius 1 is 0.486 bits per heavy atom. The monoisotopic (exact) mass is 512 g/mol. The Kier molecular flexibility index (Phi) is 27.2. The predicted molar refractivity (Wildman–Crippen MR) is 130 cm³/mol. The fourth-order valence-corrected chi connectivity index (χ4v) is 2.60. The SMILES string of the molecule is CC(COCC=O)(COCCOCCOCCOCCN)COCCOCCOCCOCCN. The van der Waals surface area contributed by atoms with Gasteiger partial charge in [0.1, 0.15) is 12.9 Å². The fourth-order valence-electron chi connectivity index (χ4n) is 2.60. The molecule has 0 aliphatic carbocycles. The van der Waals surface area contributed by atoms with Crippen LogP contribution < -0.4 is 11.5 Å². The molecule has 12 nitrogen and oxygen atoms in total. The average Bonchev–Trinajstić information content (AvgIpc) is 2.85. The van der Waals surface area contributed by atoms with Gasteiger partial charge < -0.3 is 58.9 Å². The van der Waals surface area contributed by atoms with Crippen molar-refractivity contribution < 1.29 is 47.4 Å². The first-order valence-electron chi connectivity index (χ1n) is 12.2. The third kappa shape index (κ3) is 26.1. The maximum Gasteiger partial charge on any atom is 0.145 e. The predicted octanol–water partition coefficient (Wildman–Crippen LogP) is -0.742. The number of ether oxygens (including phenoxy) is 9. The van der Waals surface area contributed by atoms with E-state index >= 15 is 0 Å². The normalized spacial score (nSPS) is 11.9. The minimum atomic E-state index is -0.401. The Bertz CT molecular complexity index is 407. The van der Waals surface area contributed by atoms with E-state index in [1.165, 1.54) is 0 Å². The molecule has 0 spiro atoms. The van der Waals surface area contributed by atoms with Gasteiger partial charge in [-0.15, -0.1) is 0 Å². The average molecular weight is 513 g/mol. The molecule has 0 fully saturated rings. The van der Waals surface area contributed by atoms with Crippen molar-refractivity contribution >= 4 is 6.29 Å². The number of rotatable bonds is 30. The maximum absolute atomic E-state index is 10.6. The highest BCUT2D eigenvalue weighted by molar-refractivity contribution is 5.50. The number of carbonyl (C=O) groups is 1. The van der Waals surface area contributed by atoms with E-state index in [9.17, 15) is 4.79 Å². The molecule has 0 atom stereocenters. The smallest absolute Gasteiger partial charge is 0.145 e. The molecule has 0 saturated heterocycles. The van der Waals surface area contributed by atoms with Crippen molar-refractivity contribution in [2.24, 2.45) is 16.9 Å². The molecule has 12 heteroatoms. The van der Waals surface area contributed by atoms with Gasteiger partial charge in [0.05, 0.1) is 112 Å². The molecule has 4 N–H and O–H groups in total. The molecule has 210 valence electrons. The summed E-state index contributed by atoms with van der Waals surface area (Å²) >= 11 is 0. The molecule has 0 heterocycles. The summed E-state index contributed by atoms with van der Waals surface area (Å²) in [5.41, 5.74) is 10.3. The summed E-state index contributed by atoms with van der Waals surface area (Å²) < 4.78 is 49.1. The topological polar surface area (TPSA) is 152 Å². The van der Waals surface area contributed by atoms with Crippen molar-refractivity contribution in [2.75, 3.05) is 132 Å². The standard InChI is InChI=1S/C23H48N2O10/c1-23(20-33-7-4-26,21-34-18-16-31-14-12-29-10-8-27-5-2-24)22-35-19-17-32-15-13-30-11-9-28-6-3-25/h4H,2-3,5-22,24-25H2,1H3. The van der Waals surface area contributed by atoms with Crippen molar-refractivity contribution in [3.8, 4) is 0 Å². The molecule has 0 amide bonds. The van der Waals surface area contributed by atoms with Crippen LogP contribution in [-0.2, 0) is 47.4 Å². The molecule has 0 aromatic heterocycles. The van der Waals surface area contributed by atoms with Gasteiger partial charge in [-0.3, -0.25) is 0 Å². The highest BCUT2D eigenvalue weighted by Gasteiger charge is 2.26. The van der Waals surface area contributed by atoms with Gasteiger partial charge in [-0.2, -0.15) is 0 Å². The van der Waals surface area contributed by atoms with Crippen molar-refractivity contribution in [2.45, 2.75) is 6.92 Å². The molecule has 0 saturated carbocycles. The second kappa shape index (κ2) is 27.8. The highest BCUT2D eigenvalue weighted by Crippen LogP contribution is 2.18. The quantitative estimate of drug-likeness (QED) is 0.0920. The molecular weight excluding hydrogens is 464 g/mol. The third-order valence-corrected chi connectivity index (χ3v) is 4.29. The maximum atomic E-state index is 10.6. The molecule has 0 aliphatic heterocycles. The molecule has 35 heavy (non-hydrogen) atoms. The molecule has 0 unspecified atom stereocenters. The molecule has 0 bridgehead atoms. The second-order valence-corrected chi connectivity index (χ2v) is 7.85. The van der Waals surface area contributed by atoms with Crippen LogP contribution in [0.3, 0.4) is 0 Å². The summed E-state index contributed by atoms with van der Waals surface area (Å²) in [4.78, 5) is 10.6. The largest absolute Gasteiger partial charge is 0.378 e.